The van der Waals surface area contributed by atoms with E-state index in [0.29, 0.717) is 36.5 Å². The molecule has 0 fully saturated rings. The van der Waals surface area contributed by atoms with Crippen LogP contribution in [0.25, 0.3) is 0 Å². The van der Waals surface area contributed by atoms with E-state index in [1.165, 1.54) is 0 Å². The van der Waals surface area contributed by atoms with E-state index in [0.717, 1.165) is 11.3 Å². The lowest BCUT2D eigenvalue weighted by molar-refractivity contribution is 0.322. The van der Waals surface area contributed by atoms with Gasteiger partial charge in [0.05, 0.1) is 20.8 Å². The Morgan fingerprint density at radius 3 is 2.58 bits per heavy atom. The molecule has 2 aromatic rings. The minimum absolute atomic E-state index is 0. The molecule has 0 saturated heterocycles. The van der Waals surface area contributed by atoms with Crippen molar-refractivity contribution in [1.29, 1.82) is 0 Å². The van der Waals surface area contributed by atoms with Crippen molar-refractivity contribution in [3.8, 4) is 17.4 Å². The number of methoxy groups -OCH3 is 2. The third-order valence-corrected chi connectivity index (χ3v) is 3.45. The van der Waals surface area contributed by atoms with Gasteiger partial charge in [0.15, 0.2) is 17.5 Å². The lowest BCUT2D eigenvalue weighted by atomic mass is 10.2. The smallest absolute Gasteiger partial charge is 0.218 e. The van der Waals surface area contributed by atoms with E-state index in [2.05, 4.69) is 20.6 Å². The first-order valence-corrected chi connectivity index (χ1v) is 7.98. The largest absolute Gasteiger partial charge is 0.493 e. The second-order valence-corrected chi connectivity index (χ2v) is 5.02. The van der Waals surface area contributed by atoms with E-state index in [-0.39, 0.29) is 24.0 Å². The molecule has 1 heterocycles. The summed E-state index contributed by atoms with van der Waals surface area (Å²) >= 11 is 0. The number of pyridine rings is 1. The van der Waals surface area contributed by atoms with Crippen molar-refractivity contribution in [2.75, 3.05) is 33.2 Å². The molecule has 0 amide bonds. The summed E-state index contributed by atoms with van der Waals surface area (Å²) < 4.78 is 16.1. The standard InChI is InChI=1S/C18H24N4O3.HI/c1-5-25-17-13(7-6-10-20-17)12-21-18(19-2)22-14-8-9-15(23-3)16(11-14)24-4;/h6-11H,5,12H2,1-4H3,(H2,19,21,22);1H. The molecule has 142 valence electrons. The molecule has 0 atom stereocenters. The maximum absolute atomic E-state index is 5.54. The zero-order chi connectivity index (χ0) is 18.1. The monoisotopic (exact) mass is 472 g/mol. The van der Waals surface area contributed by atoms with E-state index >= 15 is 0 Å². The van der Waals surface area contributed by atoms with Gasteiger partial charge in [-0.3, -0.25) is 4.99 Å². The first kappa shape index (κ1) is 21.8. The Bertz CT molecular complexity index is 725. The second kappa shape index (κ2) is 11.4. The Morgan fingerprint density at radius 1 is 1.15 bits per heavy atom. The maximum Gasteiger partial charge on any atom is 0.218 e. The summed E-state index contributed by atoms with van der Waals surface area (Å²) in [4.78, 5) is 8.48. The van der Waals surface area contributed by atoms with Gasteiger partial charge in [-0.15, -0.1) is 24.0 Å². The number of rotatable bonds is 7. The highest BCUT2D eigenvalue weighted by Gasteiger charge is 2.08. The molecule has 0 aliphatic rings. The molecule has 1 aromatic carbocycles. The number of halogens is 1. The van der Waals surface area contributed by atoms with Crippen molar-refractivity contribution in [3.05, 3.63) is 42.1 Å². The highest BCUT2D eigenvalue weighted by Crippen LogP contribution is 2.29. The first-order chi connectivity index (χ1) is 12.2. The van der Waals surface area contributed by atoms with Gasteiger partial charge in [0.25, 0.3) is 0 Å². The topological polar surface area (TPSA) is 77.0 Å². The van der Waals surface area contributed by atoms with E-state index in [9.17, 15) is 0 Å². The second-order valence-electron chi connectivity index (χ2n) is 5.02. The number of guanidine groups is 1. The van der Waals surface area contributed by atoms with Crippen LogP contribution in [-0.2, 0) is 6.54 Å². The number of aromatic nitrogens is 1. The van der Waals surface area contributed by atoms with Crippen molar-refractivity contribution in [2.24, 2.45) is 4.99 Å². The molecule has 2 N–H and O–H groups in total. The third kappa shape index (κ3) is 5.94. The zero-order valence-corrected chi connectivity index (χ0v) is 17.7. The molecule has 0 radical (unpaired) electrons. The Hall–Kier alpha value is -2.23. The number of nitrogens with zero attached hydrogens (tertiary/aromatic N) is 2. The summed E-state index contributed by atoms with van der Waals surface area (Å²) in [6.07, 6.45) is 1.71. The third-order valence-electron chi connectivity index (χ3n) is 3.45. The molecule has 0 aliphatic carbocycles. The van der Waals surface area contributed by atoms with E-state index < -0.39 is 0 Å². The van der Waals surface area contributed by atoms with Crippen LogP contribution in [-0.4, -0.2) is 38.8 Å². The molecule has 0 bridgehead atoms. The van der Waals surface area contributed by atoms with Crippen LogP contribution >= 0.6 is 24.0 Å². The predicted octanol–water partition coefficient (Wildman–Crippen LogP) is 3.30. The summed E-state index contributed by atoms with van der Waals surface area (Å²) in [6.45, 7) is 3.04. The number of aliphatic imine (C=N–C) groups is 1. The predicted molar refractivity (Wildman–Crippen MR) is 114 cm³/mol. The lowest BCUT2D eigenvalue weighted by Crippen LogP contribution is -2.30. The van der Waals surface area contributed by atoms with Crippen LogP contribution in [0.3, 0.4) is 0 Å². The summed E-state index contributed by atoms with van der Waals surface area (Å²) in [6, 6.07) is 9.42. The van der Waals surface area contributed by atoms with Crippen molar-refractivity contribution >= 4 is 35.6 Å². The molecule has 0 unspecified atom stereocenters. The van der Waals surface area contributed by atoms with Crippen molar-refractivity contribution < 1.29 is 14.2 Å². The van der Waals surface area contributed by atoms with Crippen LogP contribution < -0.4 is 24.8 Å². The molecule has 8 heteroatoms. The Balaban J connectivity index is 0.00000338. The highest BCUT2D eigenvalue weighted by atomic mass is 127. The van der Waals surface area contributed by atoms with Gasteiger partial charge in [0.1, 0.15) is 0 Å². The minimum atomic E-state index is 0. The van der Waals surface area contributed by atoms with E-state index in [1.54, 1.807) is 27.5 Å². The number of anilines is 1. The summed E-state index contributed by atoms with van der Waals surface area (Å²) in [7, 11) is 4.92. The summed E-state index contributed by atoms with van der Waals surface area (Å²) in [5.74, 6) is 2.57. The Kier molecular flexibility index (Phi) is 9.56. The number of benzene rings is 1. The quantitative estimate of drug-likeness (QED) is 0.366. The van der Waals surface area contributed by atoms with Crippen LogP contribution in [0.5, 0.6) is 17.4 Å². The maximum atomic E-state index is 5.54. The molecule has 26 heavy (non-hydrogen) atoms. The lowest BCUT2D eigenvalue weighted by Gasteiger charge is -2.15. The fourth-order valence-corrected chi connectivity index (χ4v) is 2.23. The molecule has 7 nitrogen and oxygen atoms in total. The zero-order valence-electron chi connectivity index (χ0n) is 15.4. The molecule has 0 saturated carbocycles. The van der Waals surface area contributed by atoms with Gasteiger partial charge in [-0.2, -0.15) is 0 Å². The molecule has 2 rings (SSSR count). The van der Waals surface area contributed by atoms with E-state index in [4.69, 9.17) is 14.2 Å². The fraction of sp³-hybridized carbons (Fsp3) is 0.333. The van der Waals surface area contributed by atoms with Crippen LogP contribution in [0.4, 0.5) is 5.69 Å². The van der Waals surface area contributed by atoms with Crippen LogP contribution in [0.2, 0.25) is 0 Å². The number of hydrogen-bond acceptors (Lipinski definition) is 5. The van der Waals surface area contributed by atoms with Gasteiger partial charge in [-0.05, 0) is 25.1 Å². The molecule has 0 aliphatic heterocycles. The van der Waals surface area contributed by atoms with Crippen LogP contribution in [0.15, 0.2) is 41.5 Å². The van der Waals surface area contributed by atoms with Gasteiger partial charge in [0.2, 0.25) is 5.88 Å². The normalized spacial score (nSPS) is 10.5. The molecule has 0 spiro atoms. The molecule has 1 aromatic heterocycles. The first-order valence-electron chi connectivity index (χ1n) is 7.98. The van der Waals surface area contributed by atoms with Crippen LogP contribution in [0.1, 0.15) is 12.5 Å². The van der Waals surface area contributed by atoms with Gasteiger partial charge in [0, 0.05) is 37.1 Å². The Labute approximate surface area is 171 Å². The number of nitrogens with one attached hydrogen (secondary N) is 2. The summed E-state index contributed by atoms with van der Waals surface area (Å²) in [5.41, 5.74) is 1.79. The minimum Gasteiger partial charge on any atom is -0.493 e. The van der Waals surface area contributed by atoms with Gasteiger partial charge in [-0.1, -0.05) is 6.07 Å². The van der Waals surface area contributed by atoms with Crippen LogP contribution in [0, 0.1) is 0 Å². The molecular weight excluding hydrogens is 447 g/mol. The number of hydrogen-bond donors (Lipinski definition) is 2. The molecular formula is C18H25IN4O3. The Morgan fingerprint density at radius 2 is 1.92 bits per heavy atom. The van der Waals surface area contributed by atoms with E-state index in [1.807, 2.05) is 37.3 Å². The fourth-order valence-electron chi connectivity index (χ4n) is 2.23. The SMILES string of the molecule is CCOc1ncccc1CNC(=NC)Nc1ccc(OC)c(OC)c1.I. The number of ether oxygens (including phenoxy) is 3. The van der Waals surface area contributed by atoms with Gasteiger partial charge in [-0.25, -0.2) is 4.98 Å². The average molecular weight is 472 g/mol. The van der Waals surface area contributed by atoms with Crippen molar-refractivity contribution in [2.45, 2.75) is 13.5 Å². The van der Waals surface area contributed by atoms with Crippen molar-refractivity contribution in [3.63, 3.8) is 0 Å². The van der Waals surface area contributed by atoms with Crippen molar-refractivity contribution in [1.82, 2.24) is 10.3 Å². The van der Waals surface area contributed by atoms with Gasteiger partial charge >= 0.3 is 0 Å². The highest BCUT2D eigenvalue weighted by molar-refractivity contribution is 14.0. The van der Waals surface area contributed by atoms with Gasteiger partial charge < -0.3 is 24.8 Å². The average Bonchev–Trinajstić information content (AvgIpc) is 2.66. The summed E-state index contributed by atoms with van der Waals surface area (Å²) in [5, 5.41) is 6.46.